The van der Waals surface area contributed by atoms with E-state index in [0.29, 0.717) is 12.8 Å². The third-order valence-electron chi connectivity index (χ3n) is 9.68. The van der Waals surface area contributed by atoms with Crippen molar-refractivity contribution in [3.8, 4) is 0 Å². The Balaban J connectivity index is 3.78. The highest BCUT2D eigenvalue weighted by molar-refractivity contribution is 5.69. The van der Waals surface area contributed by atoms with Crippen molar-refractivity contribution in [2.45, 2.75) is 245 Å². The van der Waals surface area contributed by atoms with Crippen molar-refractivity contribution in [1.29, 1.82) is 0 Å². The monoisotopic (exact) mass is 675 g/mol. The number of ether oxygens (including phenoxy) is 1. The van der Waals surface area contributed by atoms with Crippen LogP contribution in [-0.4, -0.2) is 23.1 Å². The highest BCUT2D eigenvalue weighted by Crippen LogP contribution is 2.19. The number of carboxylic acids is 1. The molecule has 0 aromatic rings. The second-order valence-electron chi connectivity index (χ2n) is 14.5. The highest BCUT2D eigenvalue weighted by atomic mass is 16.5. The Kier molecular flexibility index (Phi) is 38.5. The number of hydrogen-bond donors (Lipinski definition) is 1. The summed E-state index contributed by atoms with van der Waals surface area (Å²) in [7, 11) is 0. The predicted molar refractivity (Wildman–Crippen MR) is 209 cm³/mol. The lowest BCUT2D eigenvalue weighted by atomic mass is 10.0. The summed E-state index contributed by atoms with van der Waals surface area (Å²) < 4.78 is 6.01. The normalized spacial score (nSPS) is 12.4. The molecule has 0 amide bonds. The molecule has 0 saturated heterocycles. The molecule has 0 spiro atoms. The van der Waals surface area contributed by atoms with E-state index in [4.69, 9.17) is 9.84 Å². The Morgan fingerprint density at radius 1 is 0.458 bits per heavy atom. The third kappa shape index (κ3) is 38.9. The number of hydrogen-bond acceptors (Lipinski definition) is 3. The van der Waals surface area contributed by atoms with Gasteiger partial charge in [-0.05, 0) is 70.6 Å². The van der Waals surface area contributed by atoms with Crippen molar-refractivity contribution < 1.29 is 19.4 Å². The average Bonchev–Trinajstić information content (AvgIpc) is 3.07. The summed E-state index contributed by atoms with van der Waals surface area (Å²) in [5.41, 5.74) is 0. The number of carboxylic acid groups (broad SMARTS) is 1. The van der Waals surface area contributed by atoms with Crippen LogP contribution in [0.15, 0.2) is 24.3 Å². The topological polar surface area (TPSA) is 63.6 Å². The molecule has 0 heterocycles. The molecule has 0 aromatic carbocycles. The predicted octanol–water partition coefficient (Wildman–Crippen LogP) is 14.8. The number of aliphatic carboxylic acids is 1. The zero-order chi connectivity index (χ0) is 35.0. The Morgan fingerprint density at radius 2 is 0.812 bits per heavy atom. The second kappa shape index (κ2) is 39.9. The first-order valence-electron chi connectivity index (χ1n) is 21.3. The van der Waals surface area contributed by atoms with Crippen LogP contribution in [0.5, 0.6) is 0 Å². The number of allylic oxidation sites excluding steroid dienone is 4. The van der Waals surface area contributed by atoms with E-state index < -0.39 is 5.97 Å². The van der Waals surface area contributed by atoms with E-state index in [1.54, 1.807) is 0 Å². The minimum absolute atomic E-state index is 0.0292. The van der Waals surface area contributed by atoms with E-state index in [1.165, 1.54) is 154 Å². The Morgan fingerprint density at radius 3 is 1.27 bits per heavy atom. The highest BCUT2D eigenvalue weighted by Gasteiger charge is 2.14. The molecular formula is C44H82O4. The molecule has 0 aliphatic rings. The van der Waals surface area contributed by atoms with E-state index in [9.17, 15) is 9.59 Å². The summed E-state index contributed by atoms with van der Waals surface area (Å²) in [4.78, 5) is 23.2. The number of carbonyl (C=O) groups excluding carboxylic acids is 1. The maximum absolute atomic E-state index is 12.6. The van der Waals surface area contributed by atoms with Gasteiger partial charge in [0.1, 0.15) is 6.10 Å². The first-order chi connectivity index (χ1) is 23.6. The number of esters is 1. The summed E-state index contributed by atoms with van der Waals surface area (Å²) in [6.07, 6.45) is 50.8. The molecule has 0 fully saturated rings. The van der Waals surface area contributed by atoms with Gasteiger partial charge in [0.05, 0.1) is 0 Å². The van der Waals surface area contributed by atoms with Crippen LogP contribution in [0.2, 0.25) is 0 Å². The van der Waals surface area contributed by atoms with E-state index >= 15 is 0 Å². The first-order valence-corrected chi connectivity index (χ1v) is 21.3. The van der Waals surface area contributed by atoms with Gasteiger partial charge in [-0.3, -0.25) is 9.59 Å². The van der Waals surface area contributed by atoms with Gasteiger partial charge in [-0.1, -0.05) is 179 Å². The lowest BCUT2D eigenvalue weighted by Crippen LogP contribution is -2.18. The molecule has 1 atom stereocenters. The van der Waals surface area contributed by atoms with Gasteiger partial charge in [0.15, 0.2) is 0 Å². The van der Waals surface area contributed by atoms with Crippen molar-refractivity contribution in [1.82, 2.24) is 0 Å². The number of carbonyl (C=O) groups is 2. The largest absolute Gasteiger partial charge is 0.481 e. The Bertz CT molecular complexity index is 727. The zero-order valence-corrected chi connectivity index (χ0v) is 32.3. The molecule has 4 nitrogen and oxygen atoms in total. The lowest BCUT2D eigenvalue weighted by Gasteiger charge is -2.18. The van der Waals surface area contributed by atoms with E-state index in [2.05, 4.69) is 38.2 Å². The van der Waals surface area contributed by atoms with Crippen LogP contribution in [0, 0.1) is 0 Å². The molecule has 1 unspecified atom stereocenters. The summed E-state index contributed by atoms with van der Waals surface area (Å²) in [5, 5.41) is 8.72. The van der Waals surface area contributed by atoms with Crippen LogP contribution >= 0.6 is 0 Å². The van der Waals surface area contributed by atoms with E-state index in [0.717, 1.165) is 57.8 Å². The fraction of sp³-hybridized carbons (Fsp3) is 0.864. The maximum Gasteiger partial charge on any atom is 0.306 e. The van der Waals surface area contributed by atoms with Crippen LogP contribution in [0.4, 0.5) is 0 Å². The number of rotatable bonds is 39. The maximum atomic E-state index is 12.6. The van der Waals surface area contributed by atoms with Crippen LogP contribution < -0.4 is 0 Å². The standard InChI is InChI=1S/C44H82O4/c1-3-5-7-9-10-11-12-13-14-15-16-17-18-19-20-21-22-26-29-33-37-41-44(47)48-42(38-34-30-8-6-4-2)39-35-31-27-24-23-25-28-32-36-40-43(45)46/h10-11,13-14,42H,3-9,12,15-41H2,1-2H3,(H,45,46)/b11-10-,14-13-. The molecule has 0 saturated carbocycles. The number of unbranched alkanes of at least 4 members (excludes halogenated alkanes) is 26. The van der Waals surface area contributed by atoms with Gasteiger partial charge in [0, 0.05) is 12.8 Å². The summed E-state index contributed by atoms with van der Waals surface area (Å²) in [6, 6.07) is 0. The quantitative estimate of drug-likeness (QED) is 0.0400. The molecular weight excluding hydrogens is 592 g/mol. The molecule has 0 bridgehead atoms. The van der Waals surface area contributed by atoms with Crippen LogP contribution in [0.1, 0.15) is 239 Å². The van der Waals surface area contributed by atoms with Crippen molar-refractivity contribution in [3.63, 3.8) is 0 Å². The third-order valence-corrected chi connectivity index (χ3v) is 9.68. The van der Waals surface area contributed by atoms with Crippen molar-refractivity contribution in [2.75, 3.05) is 0 Å². The fourth-order valence-electron chi connectivity index (χ4n) is 6.51. The van der Waals surface area contributed by atoms with Gasteiger partial charge in [-0.25, -0.2) is 0 Å². The molecule has 48 heavy (non-hydrogen) atoms. The Labute approximate surface area is 299 Å². The van der Waals surface area contributed by atoms with Gasteiger partial charge in [-0.2, -0.15) is 0 Å². The summed E-state index contributed by atoms with van der Waals surface area (Å²) >= 11 is 0. The molecule has 0 radical (unpaired) electrons. The van der Waals surface area contributed by atoms with Gasteiger partial charge in [-0.15, -0.1) is 0 Å². The van der Waals surface area contributed by atoms with Gasteiger partial charge in [0.2, 0.25) is 0 Å². The van der Waals surface area contributed by atoms with Crippen molar-refractivity contribution in [3.05, 3.63) is 24.3 Å². The summed E-state index contributed by atoms with van der Waals surface area (Å²) in [6.45, 7) is 4.51. The van der Waals surface area contributed by atoms with Crippen molar-refractivity contribution >= 4 is 11.9 Å². The first kappa shape index (κ1) is 46.4. The molecule has 282 valence electrons. The van der Waals surface area contributed by atoms with E-state index in [-0.39, 0.29) is 12.1 Å². The second-order valence-corrected chi connectivity index (χ2v) is 14.5. The lowest BCUT2D eigenvalue weighted by molar-refractivity contribution is -0.150. The summed E-state index contributed by atoms with van der Waals surface area (Å²) in [5.74, 6) is -0.648. The molecule has 0 aromatic heterocycles. The average molecular weight is 675 g/mol. The van der Waals surface area contributed by atoms with E-state index in [1.807, 2.05) is 0 Å². The van der Waals surface area contributed by atoms with Gasteiger partial charge < -0.3 is 9.84 Å². The fourth-order valence-corrected chi connectivity index (χ4v) is 6.51. The minimum Gasteiger partial charge on any atom is -0.481 e. The molecule has 1 N–H and O–H groups in total. The van der Waals surface area contributed by atoms with Crippen LogP contribution in [0.3, 0.4) is 0 Å². The molecule has 4 heteroatoms. The van der Waals surface area contributed by atoms with Crippen LogP contribution in [-0.2, 0) is 14.3 Å². The SMILES string of the molecule is CCCCC/C=C\C/C=C\CCCCCCCCCCCCCC(=O)OC(CCCCCCC)CCCCCCCCCCCC(=O)O. The minimum atomic E-state index is -0.677. The Hall–Kier alpha value is -1.58. The molecule has 0 aliphatic carbocycles. The van der Waals surface area contributed by atoms with Gasteiger partial charge >= 0.3 is 11.9 Å². The van der Waals surface area contributed by atoms with Crippen molar-refractivity contribution in [2.24, 2.45) is 0 Å². The molecule has 0 aliphatic heterocycles. The zero-order valence-electron chi connectivity index (χ0n) is 32.3. The van der Waals surface area contributed by atoms with Gasteiger partial charge in [0.25, 0.3) is 0 Å². The van der Waals surface area contributed by atoms with Crippen LogP contribution in [0.25, 0.3) is 0 Å². The molecule has 0 rings (SSSR count). The smallest absolute Gasteiger partial charge is 0.306 e.